The van der Waals surface area contributed by atoms with E-state index in [9.17, 15) is 0 Å². The highest BCUT2D eigenvalue weighted by molar-refractivity contribution is 5.88. The molecule has 0 fully saturated rings. The molecular formula is C22H21N5O. The molecule has 1 aromatic carbocycles. The summed E-state index contributed by atoms with van der Waals surface area (Å²) in [5.74, 6) is 0. The number of para-hydroxylation sites is 1. The number of benzene rings is 1. The van der Waals surface area contributed by atoms with Crippen molar-refractivity contribution in [3.8, 4) is 0 Å². The zero-order valence-electron chi connectivity index (χ0n) is 15.5. The van der Waals surface area contributed by atoms with E-state index in [1.54, 1.807) is 0 Å². The van der Waals surface area contributed by atoms with E-state index in [0.29, 0.717) is 0 Å². The molecule has 6 nitrogen and oxygen atoms in total. The Morgan fingerprint density at radius 3 is 2.54 bits per heavy atom. The Bertz CT molecular complexity index is 1140. The summed E-state index contributed by atoms with van der Waals surface area (Å²) in [5.41, 5.74) is 5.11. The first-order chi connectivity index (χ1) is 13.9. The van der Waals surface area contributed by atoms with E-state index in [2.05, 4.69) is 61.6 Å². The van der Waals surface area contributed by atoms with E-state index in [-0.39, 0.29) is 0 Å². The van der Waals surface area contributed by atoms with Crippen molar-refractivity contribution in [1.29, 1.82) is 0 Å². The lowest BCUT2D eigenvalue weighted by Crippen LogP contribution is -1.91. The summed E-state index contributed by atoms with van der Waals surface area (Å²) in [6.45, 7) is 3.21. The quantitative estimate of drug-likeness (QED) is 0.463. The minimum Gasteiger partial charge on any atom is -0.355 e. The van der Waals surface area contributed by atoms with E-state index >= 15 is 0 Å². The monoisotopic (exact) mass is 371 g/mol. The molecule has 6 heteroatoms. The maximum atomic E-state index is 5.12. The summed E-state index contributed by atoms with van der Waals surface area (Å²) < 4.78 is 11.4. The second-order valence-corrected chi connectivity index (χ2v) is 6.83. The van der Waals surface area contributed by atoms with Gasteiger partial charge in [-0.25, -0.2) is 0 Å². The molecule has 3 aromatic heterocycles. The highest BCUT2D eigenvalue weighted by atomic mass is 16.5. The van der Waals surface area contributed by atoms with Gasteiger partial charge in [0.2, 0.25) is 0 Å². The summed E-state index contributed by atoms with van der Waals surface area (Å²) in [6, 6.07) is 18.8. The molecule has 6 heterocycles. The van der Waals surface area contributed by atoms with E-state index in [4.69, 9.17) is 4.74 Å². The first-order valence-electron chi connectivity index (χ1n) is 9.35. The Kier molecular flexibility index (Phi) is 4.39. The zero-order valence-corrected chi connectivity index (χ0v) is 15.5. The van der Waals surface area contributed by atoms with E-state index in [1.807, 2.05) is 41.8 Å². The van der Waals surface area contributed by atoms with Crippen molar-refractivity contribution in [1.82, 2.24) is 13.7 Å². The standard InChI is InChI=1S/C10H8N2.C6H6N2.C6H7NO/c1-2-4-10-8(3-1)5-9-6-11-7-12(9)10;1-2-6-4-7-5-8(6)3-1;1-2-6-4-8-5-7(6)3-1/h1-5,7H,6H2;1-3,5H,4H2;1-3H,4-5H2. The molecule has 7 rings (SSSR count). The maximum Gasteiger partial charge on any atom is 0.123 e. The molecule has 0 saturated carbocycles. The number of aliphatic imine (C=N–C) groups is 2. The molecule has 0 N–H and O–H groups in total. The molecule has 0 saturated heterocycles. The smallest absolute Gasteiger partial charge is 0.123 e. The van der Waals surface area contributed by atoms with Gasteiger partial charge in [0.1, 0.15) is 6.73 Å². The van der Waals surface area contributed by atoms with E-state index < -0.39 is 0 Å². The molecule has 0 unspecified atom stereocenters. The molecule has 3 aliphatic heterocycles. The molecule has 4 aromatic rings. The third-order valence-corrected chi connectivity index (χ3v) is 5.01. The number of fused-ring (bicyclic) bond motifs is 5. The van der Waals surface area contributed by atoms with Crippen LogP contribution < -0.4 is 0 Å². The second-order valence-electron chi connectivity index (χ2n) is 6.83. The summed E-state index contributed by atoms with van der Waals surface area (Å²) in [6.07, 6.45) is 7.78. The van der Waals surface area contributed by atoms with Crippen LogP contribution in [0.1, 0.15) is 17.1 Å². The minimum absolute atomic E-state index is 0.738. The van der Waals surface area contributed by atoms with Crippen LogP contribution in [0, 0.1) is 0 Å². The average Bonchev–Trinajstić information content (AvgIpc) is 3.51. The Morgan fingerprint density at radius 1 is 0.786 bits per heavy atom. The molecule has 28 heavy (non-hydrogen) atoms. The van der Waals surface area contributed by atoms with Crippen LogP contribution in [0.3, 0.4) is 0 Å². The van der Waals surface area contributed by atoms with Gasteiger partial charge in [0.25, 0.3) is 0 Å². The first-order valence-corrected chi connectivity index (χ1v) is 9.35. The van der Waals surface area contributed by atoms with Crippen LogP contribution >= 0.6 is 0 Å². The van der Waals surface area contributed by atoms with Gasteiger partial charge >= 0.3 is 0 Å². The van der Waals surface area contributed by atoms with Gasteiger partial charge in [-0.05, 0) is 36.4 Å². The van der Waals surface area contributed by atoms with Crippen LogP contribution in [0.25, 0.3) is 10.9 Å². The average molecular weight is 371 g/mol. The minimum atomic E-state index is 0.738. The van der Waals surface area contributed by atoms with Crippen molar-refractivity contribution in [3.63, 3.8) is 0 Å². The van der Waals surface area contributed by atoms with Crippen LogP contribution in [0.2, 0.25) is 0 Å². The molecule has 0 atom stereocenters. The molecule has 3 aliphatic rings. The molecule has 140 valence electrons. The van der Waals surface area contributed by atoms with Crippen LogP contribution in [0.15, 0.2) is 77.0 Å². The second kappa shape index (κ2) is 7.32. The number of aromatic nitrogens is 3. The number of ether oxygens (including phenoxy) is 1. The lowest BCUT2D eigenvalue weighted by Gasteiger charge is -1.93. The Balaban J connectivity index is 0.0000000947. The van der Waals surface area contributed by atoms with Gasteiger partial charge in [-0.3, -0.25) is 9.98 Å². The lowest BCUT2D eigenvalue weighted by molar-refractivity contribution is 0.108. The van der Waals surface area contributed by atoms with Gasteiger partial charge in [-0.1, -0.05) is 18.2 Å². The highest BCUT2D eigenvalue weighted by Gasteiger charge is 2.09. The van der Waals surface area contributed by atoms with Gasteiger partial charge in [-0.2, -0.15) is 0 Å². The van der Waals surface area contributed by atoms with Crippen LogP contribution in [0.4, 0.5) is 0 Å². The van der Waals surface area contributed by atoms with E-state index in [0.717, 1.165) is 26.4 Å². The summed E-state index contributed by atoms with van der Waals surface area (Å²) in [5, 5.41) is 1.30. The zero-order chi connectivity index (χ0) is 18.8. The number of hydrogen-bond acceptors (Lipinski definition) is 3. The number of rotatable bonds is 0. The summed E-state index contributed by atoms with van der Waals surface area (Å²) in [4.78, 5) is 8.25. The van der Waals surface area contributed by atoms with Crippen molar-refractivity contribution >= 4 is 23.6 Å². The lowest BCUT2D eigenvalue weighted by atomic mass is 10.2. The van der Waals surface area contributed by atoms with Gasteiger partial charge in [0.05, 0.1) is 37.9 Å². The number of hydrogen-bond donors (Lipinski definition) is 0. The predicted octanol–water partition coefficient (Wildman–Crippen LogP) is 3.89. The van der Waals surface area contributed by atoms with E-state index in [1.165, 1.54) is 28.0 Å². The summed E-state index contributed by atoms with van der Waals surface area (Å²) >= 11 is 0. The predicted molar refractivity (Wildman–Crippen MR) is 111 cm³/mol. The van der Waals surface area contributed by atoms with Crippen molar-refractivity contribution in [2.45, 2.75) is 26.4 Å². The van der Waals surface area contributed by atoms with Gasteiger partial charge in [0.15, 0.2) is 0 Å². The molecular weight excluding hydrogens is 350 g/mol. The maximum absolute atomic E-state index is 5.12. The molecule has 0 spiro atoms. The fourth-order valence-electron chi connectivity index (χ4n) is 3.56. The fraction of sp³-hybridized carbons (Fsp3) is 0.182. The molecule has 0 radical (unpaired) electrons. The Labute approximate surface area is 163 Å². The molecule has 0 bridgehead atoms. The van der Waals surface area contributed by atoms with Crippen molar-refractivity contribution in [2.24, 2.45) is 9.98 Å². The van der Waals surface area contributed by atoms with Crippen molar-refractivity contribution in [3.05, 3.63) is 84.1 Å². The largest absolute Gasteiger partial charge is 0.355 e. The van der Waals surface area contributed by atoms with Crippen LogP contribution in [-0.2, 0) is 31.2 Å². The Morgan fingerprint density at radius 2 is 1.61 bits per heavy atom. The van der Waals surface area contributed by atoms with Gasteiger partial charge in [0, 0.05) is 34.9 Å². The first kappa shape index (κ1) is 16.8. The highest BCUT2D eigenvalue weighted by Crippen LogP contribution is 2.21. The van der Waals surface area contributed by atoms with Crippen molar-refractivity contribution in [2.75, 3.05) is 0 Å². The van der Waals surface area contributed by atoms with Crippen molar-refractivity contribution < 1.29 is 4.74 Å². The third-order valence-electron chi connectivity index (χ3n) is 5.01. The topological polar surface area (TPSA) is 48.7 Å². The molecule has 0 aliphatic carbocycles. The third kappa shape index (κ3) is 3.18. The van der Waals surface area contributed by atoms with Crippen LogP contribution in [0.5, 0.6) is 0 Å². The molecule has 0 amide bonds. The number of nitrogens with zero attached hydrogens (tertiary/aromatic N) is 5. The fourth-order valence-corrected chi connectivity index (χ4v) is 3.56. The SMILES string of the molecule is C1=NCc2cc3ccccc3n21.C1=NCc2cccn21.c1cc2n(c1)COC2. The summed E-state index contributed by atoms with van der Waals surface area (Å²) in [7, 11) is 0. The Hall–Kier alpha value is -3.38. The van der Waals surface area contributed by atoms with Gasteiger partial charge < -0.3 is 18.4 Å². The van der Waals surface area contributed by atoms with Crippen LogP contribution in [-0.4, -0.2) is 26.4 Å². The van der Waals surface area contributed by atoms with Gasteiger partial charge in [-0.15, -0.1) is 0 Å². The normalized spacial score (nSPS) is 14.9.